The number of rotatable bonds is 6. The van der Waals surface area contributed by atoms with Crippen LogP contribution in [0.3, 0.4) is 0 Å². The minimum atomic E-state index is -0.185. The number of nitrogens with one attached hydrogen (secondary N) is 1. The molecule has 2 saturated heterocycles. The average Bonchev–Trinajstić information content (AvgIpc) is 3.27. The molecule has 2 aliphatic rings. The van der Waals surface area contributed by atoms with E-state index in [1.54, 1.807) is 13.3 Å². The maximum Gasteiger partial charge on any atom is 0.271 e. The van der Waals surface area contributed by atoms with E-state index in [9.17, 15) is 4.79 Å². The zero-order valence-corrected chi connectivity index (χ0v) is 15.4. The van der Waals surface area contributed by atoms with Crippen LogP contribution in [0, 0.1) is 11.8 Å². The number of hydrogen-bond acceptors (Lipinski definition) is 6. The SMILES string of the molecule is COc1ccccc1CN1C[C@H]2[C@H](CNC(=O)c3cnccn3)CO[C@H]2C1. The molecule has 2 aromatic rings. The molecule has 2 aliphatic heterocycles. The van der Waals surface area contributed by atoms with E-state index < -0.39 is 0 Å². The number of carbonyl (C=O) groups excluding carboxylic acids is 1. The molecule has 7 nitrogen and oxygen atoms in total. The van der Waals surface area contributed by atoms with E-state index in [-0.39, 0.29) is 12.0 Å². The fourth-order valence-electron chi connectivity index (χ4n) is 4.02. The molecule has 3 atom stereocenters. The lowest BCUT2D eigenvalue weighted by Crippen LogP contribution is -2.34. The Morgan fingerprint density at radius 2 is 2.22 bits per heavy atom. The fourth-order valence-corrected chi connectivity index (χ4v) is 4.02. The number of amides is 1. The summed E-state index contributed by atoms with van der Waals surface area (Å²) in [5.41, 5.74) is 1.53. The molecule has 0 spiro atoms. The molecule has 3 heterocycles. The minimum Gasteiger partial charge on any atom is -0.496 e. The first-order chi connectivity index (χ1) is 13.2. The highest BCUT2D eigenvalue weighted by Crippen LogP contribution is 2.34. The molecule has 1 amide bonds. The van der Waals surface area contributed by atoms with Crippen molar-refractivity contribution in [1.82, 2.24) is 20.2 Å². The molecular formula is C20H24N4O3. The van der Waals surface area contributed by atoms with Crippen molar-refractivity contribution in [1.29, 1.82) is 0 Å². The molecule has 1 N–H and O–H groups in total. The van der Waals surface area contributed by atoms with Crippen LogP contribution in [0.4, 0.5) is 0 Å². The Morgan fingerprint density at radius 3 is 3.04 bits per heavy atom. The van der Waals surface area contributed by atoms with Gasteiger partial charge in [0.25, 0.3) is 5.91 Å². The number of aromatic nitrogens is 2. The average molecular weight is 368 g/mol. The third-order valence-electron chi connectivity index (χ3n) is 5.42. The highest BCUT2D eigenvalue weighted by molar-refractivity contribution is 5.91. The summed E-state index contributed by atoms with van der Waals surface area (Å²) < 4.78 is 11.5. The molecule has 1 aromatic carbocycles. The highest BCUT2D eigenvalue weighted by Gasteiger charge is 2.43. The maximum atomic E-state index is 12.2. The second-order valence-corrected chi connectivity index (χ2v) is 7.10. The molecule has 2 fully saturated rings. The van der Waals surface area contributed by atoms with Crippen molar-refractivity contribution >= 4 is 5.91 Å². The molecule has 0 bridgehead atoms. The Hall–Kier alpha value is -2.51. The van der Waals surface area contributed by atoms with Crippen molar-refractivity contribution in [2.75, 3.05) is 33.4 Å². The van der Waals surface area contributed by atoms with Crippen molar-refractivity contribution in [2.24, 2.45) is 11.8 Å². The molecular weight excluding hydrogens is 344 g/mol. The third-order valence-corrected chi connectivity index (χ3v) is 5.42. The summed E-state index contributed by atoms with van der Waals surface area (Å²) in [6.45, 7) is 4.02. The zero-order valence-electron chi connectivity index (χ0n) is 15.4. The lowest BCUT2D eigenvalue weighted by molar-refractivity contribution is 0.0900. The van der Waals surface area contributed by atoms with Crippen LogP contribution in [0.2, 0.25) is 0 Å². The monoisotopic (exact) mass is 368 g/mol. The minimum absolute atomic E-state index is 0.185. The van der Waals surface area contributed by atoms with Crippen molar-refractivity contribution in [3.63, 3.8) is 0 Å². The van der Waals surface area contributed by atoms with Gasteiger partial charge in [-0.15, -0.1) is 0 Å². The second-order valence-electron chi connectivity index (χ2n) is 7.10. The number of para-hydroxylation sites is 1. The second kappa shape index (κ2) is 8.02. The van der Waals surface area contributed by atoms with Gasteiger partial charge in [-0.05, 0) is 6.07 Å². The summed E-state index contributed by atoms with van der Waals surface area (Å²) in [7, 11) is 1.70. The molecule has 7 heteroatoms. The Labute approximate surface area is 158 Å². The molecule has 0 saturated carbocycles. The van der Waals surface area contributed by atoms with Crippen molar-refractivity contribution in [2.45, 2.75) is 12.6 Å². The molecule has 0 unspecified atom stereocenters. The van der Waals surface area contributed by atoms with Crippen molar-refractivity contribution in [3.8, 4) is 5.75 Å². The number of fused-ring (bicyclic) bond motifs is 1. The Balaban J connectivity index is 1.32. The first-order valence-corrected chi connectivity index (χ1v) is 9.24. The summed E-state index contributed by atoms with van der Waals surface area (Å²) >= 11 is 0. The molecule has 4 rings (SSSR count). The Kier molecular flexibility index (Phi) is 5.31. The Morgan fingerprint density at radius 1 is 1.33 bits per heavy atom. The smallest absolute Gasteiger partial charge is 0.271 e. The number of nitrogens with zero attached hydrogens (tertiary/aromatic N) is 3. The summed E-state index contributed by atoms with van der Waals surface area (Å²) in [6, 6.07) is 8.12. The number of benzene rings is 1. The van der Waals surface area contributed by atoms with Crippen LogP contribution in [0.1, 0.15) is 16.1 Å². The number of carbonyl (C=O) groups is 1. The van der Waals surface area contributed by atoms with Crippen LogP contribution in [0.15, 0.2) is 42.9 Å². The van der Waals surface area contributed by atoms with Gasteiger partial charge in [0.2, 0.25) is 0 Å². The standard InChI is InChI=1S/C20H24N4O3/c1-26-18-5-3-2-4-14(18)10-24-11-16-15(13-27-19(16)12-24)8-23-20(25)17-9-21-6-7-22-17/h2-7,9,15-16,19H,8,10-13H2,1H3,(H,23,25)/t15-,16+,19+/m1/s1. The van der Waals surface area contributed by atoms with E-state index in [1.165, 1.54) is 18.0 Å². The van der Waals surface area contributed by atoms with Gasteiger partial charge >= 0.3 is 0 Å². The van der Waals surface area contributed by atoms with Gasteiger partial charge in [-0.1, -0.05) is 18.2 Å². The highest BCUT2D eigenvalue weighted by atomic mass is 16.5. The van der Waals surface area contributed by atoms with E-state index in [4.69, 9.17) is 9.47 Å². The zero-order chi connectivity index (χ0) is 18.6. The normalized spacial score (nSPS) is 24.6. The molecule has 0 aliphatic carbocycles. The Bertz CT molecular complexity index is 786. The van der Waals surface area contributed by atoms with Gasteiger partial charge in [-0.3, -0.25) is 14.7 Å². The van der Waals surface area contributed by atoms with Gasteiger partial charge in [-0.2, -0.15) is 0 Å². The van der Waals surface area contributed by atoms with Gasteiger partial charge in [0.05, 0.1) is 26.0 Å². The van der Waals surface area contributed by atoms with Crippen LogP contribution >= 0.6 is 0 Å². The lowest BCUT2D eigenvalue weighted by atomic mass is 9.93. The van der Waals surface area contributed by atoms with E-state index in [1.807, 2.05) is 18.2 Å². The first-order valence-electron chi connectivity index (χ1n) is 9.24. The van der Waals surface area contributed by atoms with Crippen LogP contribution in [-0.4, -0.2) is 60.2 Å². The van der Waals surface area contributed by atoms with Crippen LogP contribution in [0.25, 0.3) is 0 Å². The molecule has 1 aromatic heterocycles. The van der Waals surface area contributed by atoms with E-state index in [0.29, 0.717) is 30.7 Å². The number of ether oxygens (including phenoxy) is 2. The first kappa shape index (κ1) is 17.9. The lowest BCUT2D eigenvalue weighted by Gasteiger charge is -2.20. The van der Waals surface area contributed by atoms with Crippen LogP contribution in [0.5, 0.6) is 5.75 Å². The molecule has 0 radical (unpaired) electrons. The van der Waals surface area contributed by atoms with E-state index >= 15 is 0 Å². The fraction of sp³-hybridized carbons (Fsp3) is 0.450. The van der Waals surface area contributed by atoms with Crippen LogP contribution < -0.4 is 10.1 Å². The summed E-state index contributed by atoms with van der Waals surface area (Å²) in [6.07, 6.45) is 4.80. The summed E-state index contributed by atoms with van der Waals surface area (Å²) in [5.74, 6) is 1.49. The van der Waals surface area contributed by atoms with Gasteiger partial charge in [-0.25, -0.2) is 4.98 Å². The topological polar surface area (TPSA) is 76.6 Å². The molecule has 142 valence electrons. The van der Waals surface area contributed by atoms with Gasteiger partial charge in [0, 0.05) is 56.0 Å². The van der Waals surface area contributed by atoms with E-state index in [0.717, 1.165) is 25.4 Å². The van der Waals surface area contributed by atoms with Gasteiger partial charge in [0.15, 0.2) is 0 Å². The maximum absolute atomic E-state index is 12.2. The third kappa shape index (κ3) is 3.94. The number of methoxy groups -OCH3 is 1. The summed E-state index contributed by atoms with van der Waals surface area (Å²) in [5, 5.41) is 2.98. The van der Waals surface area contributed by atoms with Crippen LogP contribution in [-0.2, 0) is 11.3 Å². The van der Waals surface area contributed by atoms with Crippen molar-refractivity contribution in [3.05, 3.63) is 54.1 Å². The summed E-state index contributed by atoms with van der Waals surface area (Å²) in [4.78, 5) is 22.6. The van der Waals surface area contributed by atoms with Crippen molar-refractivity contribution < 1.29 is 14.3 Å². The van der Waals surface area contributed by atoms with E-state index in [2.05, 4.69) is 26.3 Å². The number of hydrogen-bond donors (Lipinski definition) is 1. The largest absolute Gasteiger partial charge is 0.496 e. The van der Waals surface area contributed by atoms with Gasteiger partial charge < -0.3 is 14.8 Å². The molecule has 27 heavy (non-hydrogen) atoms. The quantitative estimate of drug-likeness (QED) is 0.830. The number of likely N-dealkylation sites (tertiary alicyclic amines) is 1. The predicted molar refractivity (Wildman–Crippen MR) is 99.4 cm³/mol. The predicted octanol–water partition coefficient (Wildman–Crippen LogP) is 1.36. The van der Waals surface area contributed by atoms with Gasteiger partial charge in [0.1, 0.15) is 11.4 Å².